The van der Waals surface area contributed by atoms with E-state index in [1.807, 2.05) is 42.6 Å². The van der Waals surface area contributed by atoms with E-state index in [2.05, 4.69) is 35.3 Å². The summed E-state index contributed by atoms with van der Waals surface area (Å²) < 4.78 is 5.40. The predicted molar refractivity (Wildman–Crippen MR) is 81.7 cm³/mol. The van der Waals surface area contributed by atoms with Gasteiger partial charge < -0.3 is 4.74 Å². The summed E-state index contributed by atoms with van der Waals surface area (Å²) in [6.45, 7) is 0. The molecule has 0 aliphatic heterocycles. The van der Waals surface area contributed by atoms with Crippen LogP contribution in [0.2, 0.25) is 0 Å². The van der Waals surface area contributed by atoms with Gasteiger partial charge in [0, 0.05) is 17.3 Å². The molecule has 0 N–H and O–H groups in total. The van der Waals surface area contributed by atoms with Gasteiger partial charge in [-0.1, -0.05) is 48.5 Å². The first-order chi connectivity index (χ1) is 9.88. The second-order valence-electron chi connectivity index (χ2n) is 4.49. The van der Waals surface area contributed by atoms with E-state index in [0.29, 0.717) is 0 Å². The summed E-state index contributed by atoms with van der Waals surface area (Å²) in [5, 5.41) is 0. The van der Waals surface area contributed by atoms with Gasteiger partial charge in [0.15, 0.2) is 0 Å². The number of ether oxygens (including phenoxy) is 1. The molecule has 0 saturated carbocycles. The molecule has 0 fully saturated rings. The number of para-hydroxylation sites is 1. The molecule has 0 amide bonds. The zero-order valence-electron chi connectivity index (χ0n) is 11.3. The monoisotopic (exact) mass is 261 g/mol. The average molecular weight is 261 g/mol. The smallest absolute Gasteiger partial charge is 0.126 e. The molecule has 2 heteroatoms. The summed E-state index contributed by atoms with van der Waals surface area (Å²) in [5.41, 5.74) is 4.34. The van der Waals surface area contributed by atoms with E-state index in [-0.39, 0.29) is 0 Å². The highest BCUT2D eigenvalue weighted by Gasteiger charge is 2.05. The Bertz CT molecular complexity index is 690. The maximum absolute atomic E-state index is 5.40. The van der Waals surface area contributed by atoms with Crippen LogP contribution < -0.4 is 4.74 Å². The first-order valence-corrected chi connectivity index (χ1v) is 6.53. The molecule has 0 saturated heterocycles. The minimum absolute atomic E-state index is 0.887. The Balaban J connectivity index is 1.98. The van der Waals surface area contributed by atoms with Gasteiger partial charge in [0.1, 0.15) is 5.75 Å². The van der Waals surface area contributed by atoms with Crippen LogP contribution in [0.5, 0.6) is 5.75 Å². The fourth-order valence-corrected chi connectivity index (χ4v) is 2.24. The second-order valence-corrected chi connectivity index (χ2v) is 4.49. The van der Waals surface area contributed by atoms with Crippen LogP contribution in [0, 0.1) is 0 Å². The fraction of sp³-hybridized carbons (Fsp3) is 0.0556. The van der Waals surface area contributed by atoms with E-state index in [4.69, 9.17) is 4.74 Å². The normalized spacial score (nSPS) is 10.2. The Morgan fingerprint density at radius 2 is 1.45 bits per heavy atom. The molecule has 0 unspecified atom stereocenters. The van der Waals surface area contributed by atoms with Crippen LogP contribution in [0.25, 0.3) is 22.4 Å². The zero-order chi connectivity index (χ0) is 13.8. The Labute approximate surface area is 118 Å². The second kappa shape index (κ2) is 5.57. The topological polar surface area (TPSA) is 22.1 Å². The minimum Gasteiger partial charge on any atom is -0.496 e. The van der Waals surface area contributed by atoms with Gasteiger partial charge in [-0.2, -0.15) is 0 Å². The molecule has 0 radical (unpaired) electrons. The van der Waals surface area contributed by atoms with E-state index in [0.717, 1.165) is 28.1 Å². The number of benzene rings is 2. The largest absolute Gasteiger partial charge is 0.496 e. The number of hydrogen-bond donors (Lipinski definition) is 0. The quantitative estimate of drug-likeness (QED) is 0.696. The van der Waals surface area contributed by atoms with Crippen molar-refractivity contribution in [3.05, 3.63) is 72.9 Å². The molecule has 20 heavy (non-hydrogen) atoms. The molecule has 0 aliphatic carbocycles. The molecular weight excluding hydrogens is 246 g/mol. The number of rotatable bonds is 3. The van der Waals surface area contributed by atoms with Crippen LogP contribution in [-0.2, 0) is 0 Å². The molecular formula is C18H15NO. The minimum atomic E-state index is 0.887. The molecule has 1 heterocycles. The van der Waals surface area contributed by atoms with Gasteiger partial charge in [-0.05, 0) is 23.8 Å². The van der Waals surface area contributed by atoms with Gasteiger partial charge >= 0.3 is 0 Å². The van der Waals surface area contributed by atoms with E-state index < -0.39 is 0 Å². The lowest BCUT2D eigenvalue weighted by Gasteiger charge is -2.09. The lowest BCUT2D eigenvalue weighted by atomic mass is 10.0. The van der Waals surface area contributed by atoms with E-state index in [1.54, 1.807) is 7.11 Å². The Kier molecular flexibility index (Phi) is 3.46. The third-order valence-electron chi connectivity index (χ3n) is 3.26. The highest BCUT2D eigenvalue weighted by molar-refractivity contribution is 5.73. The molecule has 0 bridgehead atoms. The predicted octanol–water partition coefficient (Wildman–Crippen LogP) is 4.42. The summed E-state index contributed by atoms with van der Waals surface area (Å²) in [6, 6.07) is 22.3. The van der Waals surface area contributed by atoms with Crippen LogP contribution >= 0.6 is 0 Å². The number of hydrogen-bond acceptors (Lipinski definition) is 2. The van der Waals surface area contributed by atoms with Crippen LogP contribution in [0.1, 0.15) is 0 Å². The van der Waals surface area contributed by atoms with Gasteiger partial charge in [0.25, 0.3) is 0 Å². The van der Waals surface area contributed by atoms with Crippen LogP contribution in [-0.4, -0.2) is 12.1 Å². The van der Waals surface area contributed by atoms with Gasteiger partial charge in [0.2, 0.25) is 0 Å². The summed E-state index contributed by atoms with van der Waals surface area (Å²) in [4.78, 5) is 4.36. The molecule has 0 spiro atoms. The summed E-state index contributed by atoms with van der Waals surface area (Å²) >= 11 is 0. The zero-order valence-corrected chi connectivity index (χ0v) is 11.3. The number of aromatic nitrogens is 1. The van der Waals surface area contributed by atoms with Crippen molar-refractivity contribution in [1.82, 2.24) is 4.98 Å². The molecule has 0 atom stereocenters. The van der Waals surface area contributed by atoms with Crippen molar-refractivity contribution in [2.45, 2.75) is 0 Å². The van der Waals surface area contributed by atoms with E-state index in [1.165, 1.54) is 0 Å². The highest BCUT2D eigenvalue weighted by Crippen LogP contribution is 2.30. The van der Waals surface area contributed by atoms with Gasteiger partial charge in [-0.15, -0.1) is 0 Å². The average Bonchev–Trinajstić information content (AvgIpc) is 2.56. The summed E-state index contributed by atoms with van der Waals surface area (Å²) in [6.07, 6.45) is 1.81. The molecule has 2 aromatic carbocycles. The SMILES string of the molecule is COc1ccccc1-c1ccc(-c2ccccn2)cc1. The summed E-state index contributed by atoms with van der Waals surface area (Å²) in [7, 11) is 1.70. The molecule has 98 valence electrons. The van der Waals surface area contributed by atoms with Gasteiger partial charge in [-0.25, -0.2) is 0 Å². The third-order valence-corrected chi connectivity index (χ3v) is 3.26. The maximum atomic E-state index is 5.40. The first-order valence-electron chi connectivity index (χ1n) is 6.53. The Hall–Kier alpha value is -2.61. The molecule has 3 rings (SSSR count). The lowest BCUT2D eigenvalue weighted by molar-refractivity contribution is 0.416. The molecule has 2 nitrogen and oxygen atoms in total. The number of pyridine rings is 1. The lowest BCUT2D eigenvalue weighted by Crippen LogP contribution is -1.87. The third kappa shape index (κ3) is 2.41. The van der Waals surface area contributed by atoms with Crippen molar-refractivity contribution >= 4 is 0 Å². The Morgan fingerprint density at radius 1 is 0.750 bits per heavy atom. The van der Waals surface area contributed by atoms with Crippen molar-refractivity contribution in [2.75, 3.05) is 7.11 Å². The maximum Gasteiger partial charge on any atom is 0.126 e. The highest BCUT2D eigenvalue weighted by atomic mass is 16.5. The summed E-state index contributed by atoms with van der Waals surface area (Å²) in [5.74, 6) is 0.887. The van der Waals surface area contributed by atoms with E-state index >= 15 is 0 Å². The van der Waals surface area contributed by atoms with Crippen LogP contribution in [0.3, 0.4) is 0 Å². The van der Waals surface area contributed by atoms with Crippen molar-refractivity contribution in [3.63, 3.8) is 0 Å². The van der Waals surface area contributed by atoms with Crippen molar-refractivity contribution in [2.24, 2.45) is 0 Å². The van der Waals surface area contributed by atoms with Gasteiger partial charge in [-0.3, -0.25) is 4.98 Å². The fourth-order valence-electron chi connectivity index (χ4n) is 2.24. The van der Waals surface area contributed by atoms with Crippen molar-refractivity contribution in [3.8, 4) is 28.1 Å². The number of nitrogens with zero attached hydrogens (tertiary/aromatic N) is 1. The van der Waals surface area contributed by atoms with Gasteiger partial charge in [0.05, 0.1) is 12.8 Å². The van der Waals surface area contributed by atoms with Crippen molar-refractivity contribution in [1.29, 1.82) is 0 Å². The van der Waals surface area contributed by atoms with Crippen LogP contribution in [0.15, 0.2) is 72.9 Å². The first kappa shape index (κ1) is 12.4. The Morgan fingerprint density at radius 3 is 2.15 bits per heavy atom. The van der Waals surface area contributed by atoms with Crippen molar-refractivity contribution < 1.29 is 4.74 Å². The standard InChI is InChI=1S/C18H15NO/c1-20-18-8-3-2-6-16(18)14-9-11-15(12-10-14)17-7-4-5-13-19-17/h2-13H,1H3. The molecule has 0 aliphatic rings. The van der Waals surface area contributed by atoms with E-state index in [9.17, 15) is 0 Å². The molecule has 3 aromatic rings. The molecule has 1 aromatic heterocycles. The van der Waals surface area contributed by atoms with Crippen LogP contribution in [0.4, 0.5) is 0 Å². The number of methoxy groups -OCH3 is 1.